The van der Waals surface area contributed by atoms with E-state index >= 15 is 0 Å². The van der Waals surface area contributed by atoms with Crippen molar-refractivity contribution in [3.63, 3.8) is 0 Å². The van der Waals surface area contributed by atoms with E-state index in [0.29, 0.717) is 18.1 Å². The van der Waals surface area contributed by atoms with Crippen molar-refractivity contribution < 1.29 is 4.39 Å². The van der Waals surface area contributed by atoms with Crippen LogP contribution in [0.4, 0.5) is 10.2 Å². The first kappa shape index (κ1) is 14.0. The molecule has 3 nitrogen and oxygen atoms in total. The highest BCUT2D eigenvalue weighted by Crippen LogP contribution is 2.30. The van der Waals surface area contributed by atoms with Crippen LogP contribution in [0.1, 0.15) is 37.6 Å². The summed E-state index contributed by atoms with van der Waals surface area (Å²) >= 11 is 0. The topological polar surface area (TPSA) is 29.0 Å². The van der Waals surface area contributed by atoms with Gasteiger partial charge in [-0.05, 0) is 17.5 Å². The number of nitrogens with zero attached hydrogens (tertiary/aromatic N) is 3. The minimum Gasteiger partial charge on any atom is -0.349 e. The Labute approximate surface area is 124 Å². The molecule has 0 aliphatic carbocycles. The lowest BCUT2D eigenvalue weighted by atomic mass is 9.91. The summed E-state index contributed by atoms with van der Waals surface area (Å²) < 4.78 is 14.8. The third-order valence-electron chi connectivity index (χ3n) is 3.91. The van der Waals surface area contributed by atoms with Gasteiger partial charge in [0.1, 0.15) is 6.33 Å². The van der Waals surface area contributed by atoms with Gasteiger partial charge in [-0.1, -0.05) is 45.0 Å². The smallest absolute Gasteiger partial charge is 0.187 e. The zero-order valence-electron chi connectivity index (χ0n) is 12.7. The largest absolute Gasteiger partial charge is 0.349 e. The van der Waals surface area contributed by atoms with E-state index in [2.05, 4.69) is 28.2 Å². The molecule has 0 fully saturated rings. The van der Waals surface area contributed by atoms with Gasteiger partial charge < -0.3 is 4.90 Å². The van der Waals surface area contributed by atoms with Gasteiger partial charge in [0, 0.05) is 18.5 Å². The number of hydrogen-bond donors (Lipinski definition) is 0. The van der Waals surface area contributed by atoms with Crippen LogP contribution in [0.15, 0.2) is 30.6 Å². The fraction of sp³-hybridized carbons (Fsp3) is 0.412. The molecule has 110 valence electrons. The summed E-state index contributed by atoms with van der Waals surface area (Å²) in [5, 5.41) is 0. The highest BCUT2D eigenvalue weighted by Gasteiger charge is 2.26. The molecule has 0 unspecified atom stereocenters. The number of fused-ring (bicyclic) bond motifs is 1. The number of aromatic nitrogens is 2. The molecule has 1 aliphatic rings. The van der Waals surface area contributed by atoms with Gasteiger partial charge in [0.25, 0.3) is 0 Å². The van der Waals surface area contributed by atoms with E-state index < -0.39 is 0 Å². The van der Waals surface area contributed by atoms with E-state index in [9.17, 15) is 4.39 Å². The average Bonchev–Trinajstić information content (AvgIpc) is 2.46. The van der Waals surface area contributed by atoms with Gasteiger partial charge in [0.05, 0.1) is 5.69 Å². The fourth-order valence-electron chi connectivity index (χ4n) is 2.78. The monoisotopic (exact) mass is 285 g/mol. The Morgan fingerprint density at radius 1 is 1.10 bits per heavy atom. The number of hydrogen-bond acceptors (Lipinski definition) is 3. The molecular weight excluding hydrogens is 265 g/mol. The molecule has 3 rings (SSSR count). The van der Waals surface area contributed by atoms with Crippen molar-refractivity contribution in [2.24, 2.45) is 0 Å². The first-order chi connectivity index (χ1) is 9.97. The Balaban J connectivity index is 1.96. The Morgan fingerprint density at radius 2 is 1.81 bits per heavy atom. The number of benzene rings is 1. The number of anilines is 1. The molecule has 1 aromatic heterocycles. The molecule has 0 amide bonds. The van der Waals surface area contributed by atoms with Gasteiger partial charge in [-0.25, -0.2) is 14.4 Å². The zero-order valence-corrected chi connectivity index (χ0v) is 12.7. The quantitative estimate of drug-likeness (QED) is 0.803. The highest BCUT2D eigenvalue weighted by atomic mass is 19.1. The second kappa shape index (κ2) is 5.10. The molecule has 0 saturated carbocycles. The third kappa shape index (κ3) is 2.62. The van der Waals surface area contributed by atoms with Crippen LogP contribution in [0.3, 0.4) is 0 Å². The fourth-order valence-corrected chi connectivity index (χ4v) is 2.78. The standard InChI is InChI=1S/C17H20FN3/c1-17(2,3)15-14(18)16(20-11-19-15)21-9-8-12-6-4-5-7-13(12)10-21/h4-7,11H,8-10H2,1-3H3. The molecule has 0 saturated heterocycles. The Hall–Kier alpha value is -1.97. The molecule has 0 bridgehead atoms. The van der Waals surface area contributed by atoms with Crippen molar-refractivity contribution in [1.82, 2.24) is 9.97 Å². The van der Waals surface area contributed by atoms with Crippen molar-refractivity contribution in [3.8, 4) is 0 Å². The van der Waals surface area contributed by atoms with Gasteiger partial charge in [0.15, 0.2) is 11.6 Å². The molecule has 0 radical (unpaired) electrons. The van der Waals surface area contributed by atoms with Gasteiger partial charge in [-0.15, -0.1) is 0 Å². The summed E-state index contributed by atoms with van der Waals surface area (Å²) in [6.45, 7) is 7.39. The molecular formula is C17H20FN3. The van der Waals surface area contributed by atoms with Crippen LogP contribution in [0.2, 0.25) is 0 Å². The summed E-state index contributed by atoms with van der Waals surface area (Å²) in [5.41, 5.74) is 2.75. The molecule has 1 aromatic carbocycles. The second-order valence-corrected chi connectivity index (χ2v) is 6.55. The lowest BCUT2D eigenvalue weighted by Crippen LogP contribution is -2.32. The maximum Gasteiger partial charge on any atom is 0.187 e. The lowest BCUT2D eigenvalue weighted by Gasteiger charge is -2.31. The number of halogens is 1. The van der Waals surface area contributed by atoms with Crippen molar-refractivity contribution in [2.45, 2.75) is 39.2 Å². The van der Waals surface area contributed by atoms with Gasteiger partial charge in [0.2, 0.25) is 0 Å². The summed E-state index contributed by atoms with van der Waals surface area (Å²) in [6.07, 6.45) is 2.39. The summed E-state index contributed by atoms with van der Waals surface area (Å²) in [7, 11) is 0. The van der Waals surface area contributed by atoms with Gasteiger partial charge in [-0.2, -0.15) is 0 Å². The predicted octanol–water partition coefficient (Wildman–Crippen LogP) is 3.48. The van der Waals surface area contributed by atoms with Gasteiger partial charge >= 0.3 is 0 Å². The van der Waals surface area contributed by atoms with Crippen molar-refractivity contribution >= 4 is 5.82 Å². The predicted molar refractivity (Wildman–Crippen MR) is 81.9 cm³/mol. The van der Waals surface area contributed by atoms with Crippen molar-refractivity contribution in [2.75, 3.05) is 11.4 Å². The van der Waals surface area contributed by atoms with E-state index in [1.165, 1.54) is 17.5 Å². The second-order valence-electron chi connectivity index (χ2n) is 6.55. The first-order valence-corrected chi connectivity index (χ1v) is 7.29. The summed E-state index contributed by atoms with van der Waals surface area (Å²) in [4.78, 5) is 10.3. The molecule has 2 heterocycles. The minimum absolute atomic E-state index is 0.288. The SMILES string of the molecule is CC(C)(C)c1ncnc(N2CCc3ccccc3C2)c1F. The molecule has 0 atom stereocenters. The molecule has 2 aromatic rings. The average molecular weight is 285 g/mol. The van der Waals surface area contributed by atoms with Crippen molar-refractivity contribution in [3.05, 3.63) is 53.2 Å². The summed E-state index contributed by atoms with van der Waals surface area (Å²) in [5.74, 6) is 0.133. The van der Waals surface area contributed by atoms with Gasteiger partial charge in [-0.3, -0.25) is 0 Å². The maximum absolute atomic E-state index is 14.8. The normalized spacial score (nSPS) is 15.0. The maximum atomic E-state index is 14.8. The van der Waals surface area contributed by atoms with E-state index in [1.54, 1.807) is 0 Å². The third-order valence-corrected chi connectivity index (χ3v) is 3.91. The van der Waals surface area contributed by atoms with Crippen LogP contribution in [0.25, 0.3) is 0 Å². The molecule has 0 spiro atoms. The zero-order chi connectivity index (χ0) is 15.0. The van der Waals surface area contributed by atoms with E-state index in [1.807, 2.05) is 31.7 Å². The first-order valence-electron chi connectivity index (χ1n) is 7.29. The molecule has 1 aliphatic heterocycles. The molecule has 4 heteroatoms. The van der Waals surface area contributed by atoms with E-state index in [-0.39, 0.29) is 11.2 Å². The Bertz CT molecular complexity index is 661. The van der Waals surface area contributed by atoms with Crippen LogP contribution in [0, 0.1) is 5.82 Å². The molecule has 0 N–H and O–H groups in total. The van der Waals surface area contributed by atoms with Crippen LogP contribution in [-0.2, 0) is 18.4 Å². The van der Waals surface area contributed by atoms with Crippen LogP contribution in [0.5, 0.6) is 0 Å². The Kier molecular flexibility index (Phi) is 3.40. The summed E-state index contributed by atoms with van der Waals surface area (Å²) in [6, 6.07) is 8.32. The Morgan fingerprint density at radius 3 is 2.52 bits per heavy atom. The lowest BCUT2D eigenvalue weighted by molar-refractivity contribution is 0.494. The van der Waals surface area contributed by atoms with Crippen LogP contribution in [-0.4, -0.2) is 16.5 Å². The van der Waals surface area contributed by atoms with Crippen molar-refractivity contribution in [1.29, 1.82) is 0 Å². The molecule has 21 heavy (non-hydrogen) atoms. The van der Waals surface area contributed by atoms with E-state index in [0.717, 1.165) is 13.0 Å². The minimum atomic E-state index is -0.324. The van der Waals surface area contributed by atoms with Crippen LogP contribution >= 0.6 is 0 Å². The highest BCUT2D eigenvalue weighted by molar-refractivity contribution is 5.46. The van der Waals surface area contributed by atoms with Crippen LogP contribution < -0.4 is 4.90 Å². The number of rotatable bonds is 1. The van der Waals surface area contributed by atoms with E-state index in [4.69, 9.17) is 0 Å².